The molecule has 7 nitrogen and oxygen atoms in total. The largest absolute Gasteiger partial charge is 0.478 e. The molecular weight excluding hydrogens is 283 g/mol. The van der Waals surface area contributed by atoms with Crippen molar-refractivity contribution in [3.05, 3.63) is 29.6 Å². The monoisotopic (exact) mass is 300 g/mol. The van der Waals surface area contributed by atoms with E-state index < -0.39 is 23.4 Å². The van der Waals surface area contributed by atoms with Crippen molar-refractivity contribution in [1.82, 2.24) is 4.90 Å². The fourth-order valence-corrected chi connectivity index (χ4v) is 1.61. The molecule has 0 saturated heterocycles. The number of rotatable bonds is 7. The number of halogens is 1. The SMILES string of the molecule is COCCN(CCO)C(=O)Nc1ccc(C(=O)O)c(F)c1. The molecule has 0 atom stereocenters. The first-order valence-electron chi connectivity index (χ1n) is 6.18. The first-order valence-corrected chi connectivity index (χ1v) is 6.18. The summed E-state index contributed by atoms with van der Waals surface area (Å²) in [7, 11) is 1.48. The maximum Gasteiger partial charge on any atom is 0.338 e. The van der Waals surface area contributed by atoms with Gasteiger partial charge < -0.3 is 25.2 Å². The van der Waals surface area contributed by atoms with E-state index in [4.69, 9.17) is 14.9 Å². The fourth-order valence-electron chi connectivity index (χ4n) is 1.61. The summed E-state index contributed by atoms with van der Waals surface area (Å²) in [5, 5.41) is 20.1. The van der Waals surface area contributed by atoms with Gasteiger partial charge in [-0.25, -0.2) is 14.0 Å². The molecule has 0 bridgehead atoms. The van der Waals surface area contributed by atoms with Crippen LogP contribution in [0.3, 0.4) is 0 Å². The van der Waals surface area contributed by atoms with Crippen molar-refractivity contribution in [3.63, 3.8) is 0 Å². The second kappa shape index (κ2) is 8.18. The van der Waals surface area contributed by atoms with Gasteiger partial charge in [0.25, 0.3) is 0 Å². The summed E-state index contributed by atoms with van der Waals surface area (Å²) in [5.41, 5.74) is -0.345. The third-order valence-corrected chi connectivity index (χ3v) is 2.67. The summed E-state index contributed by atoms with van der Waals surface area (Å²) in [5.74, 6) is -2.32. The number of nitrogens with one attached hydrogen (secondary N) is 1. The van der Waals surface area contributed by atoms with E-state index >= 15 is 0 Å². The first kappa shape index (κ1) is 16.9. The van der Waals surface area contributed by atoms with Crippen molar-refractivity contribution < 1.29 is 28.9 Å². The van der Waals surface area contributed by atoms with Crippen molar-refractivity contribution in [1.29, 1.82) is 0 Å². The van der Waals surface area contributed by atoms with Crippen LogP contribution >= 0.6 is 0 Å². The molecule has 0 aliphatic rings. The predicted octanol–water partition coefficient (Wildman–Crippen LogP) is 0.997. The number of carboxylic acid groups (broad SMARTS) is 1. The van der Waals surface area contributed by atoms with Gasteiger partial charge in [-0.15, -0.1) is 0 Å². The minimum atomic E-state index is -1.38. The minimum absolute atomic E-state index is 0.102. The lowest BCUT2D eigenvalue weighted by atomic mass is 10.2. The van der Waals surface area contributed by atoms with Crippen LogP contribution in [0.25, 0.3) is 0 Å². The van der Waals surface area contributed by atoms with Crippen molar-refractivity contribution in [3.8, 4) is 0 Å². The van der Waals surface area contributed by atoms with Gasteiger partial charge in [0.1, 0.15) is 5.82 Å². The van der Waals surface area contributed by atoms with Gasteiger partial charge in [0.05, 0.1) is 18.8 Å². The number of carboxylic acids is 1. The number of amides is 2. The van der Waals surface area contributed by atoms with Crippen LogP contribution in [0.2, 0.25) is 0 Å². The third kappa shape index (κ3) is 5.01. The molecule has 0 saturated carbocycles. The Morgan fingerprint density at radius 3 is 2.62 bits per heavy atom. The van der Waals surface area contributed by atoms with Crippen molar-refractivity contribution in [2.75, 3.05) is 38.7 Å². The van der Waals surface area contributed by atoms with Crippen LogP contribution in [0, 0.1) is 5.82 Å². The number of aliphatic hydroxyl groups excluding tert-OH is 1. The average molecular weight is 300 g/mol. The maximum absolute atomic E-state index is 13.5. The molecule has 116 valence electrons. The molecule has 0 aliphatic heterocycles. The number of carbonyl (C=O) groups excluding carboxylic acids is 1. The number of urea groups is 1. The van der Waals surface area contributed by atoms with Crippen molar-refractivity contribution >= 4 is 17.7 Å². The van der Waals surface area contributed by atoms with Gasteiger partial charge in [0.15, 0.2) is 0 Å². The van der Waals surface area contributed by atoms with Crippen LogP contribution in [0.15, 0.2) is 18.2 Å². The number of hydrogen-bond donors (Lipinski definition) is 3. The summed E-state index contributed by atoms with van der Waals surface area (Å²) < 4.78 is 18.3. The summed E-state index contributed by atoms with van der Waals surface area (Å²) in [6.45, 7) is 0.437. The van der Waals surface area contributed by atoms with Gasteiger partial charge in [-0.1, -0.05) is 0 Å². The lowest BCUT2D eigenvalue weighted by Crippen LogP contribution is -2.39. The topological polar surface area (TPSA) is 99.1 Å². The van der Waals surface area contributed by atoms with Crippen LogP contribution in [-0.2, 0) is 4.74 Å². The molecule has 8 heteroatoms. The summed E-state index contributed by atoms with van der Waals surface area (Å²) >= 11 is 0. The summed E-state index contributed by atoms with van der Waals surface area (Å²) in [6, 6.07) is 2.74. The number of aromatic carboxylic acids is 1. The molecule has 0 aliphatic carbocycles. The number of hydrogen-bond acceptors (Lipinski definition) is 4. The number of anilines is 1. The fraction of sp³-hybridized carbons (Fsp3) is 0.385. The second-order valence-electron chi connectivity index (χ2n) is 4.13. The molecule has 21 heavy (non-hydrogen) atoms. The van der Waals surface area contributed by atoms with Crippen molar-refractivity contribution in [2.24, 2.45) is 0 Å². The Kier molecular flexibility index (Phi) is 6.57. The zero-order chi connectivity index (χ0) is 15.8. The molecule has 0 heterocycles. The molecule has 0 spiro atoms. The highest BCUT2D eigenvalue weighted by Crippen LogP contribution is 2.15. The Morgan fingerprint density at radius 1 is 1.38 bits per heavy atom. The highest BCUT2D eigenvalue weighted by atomic mass is 19.1. The van der Waals surface area contributed by atoms with Gasteiger partial charge in [0, 0.05) is 25.9 Å². The minimum Gasteiger partial charge on any atom is -0.478 e. The molecule has 1 aromatic rings. The smallest absolute Gasteiger partial charge is 0.338 e. The Morgan fingerprint density at radius 2 is 2.10 bits per heavy atom. The second-order valence-corrected chi connectivity index (χ2v) is 4.13. The number of ether oxygens (including phenoxy) is 1. The quantitative estimate of drug-likeness (QED) is 0.697. The third-order valence-electron chi connectivity index (χ3n) is 2.67. The van der Waals surface area contributed by atoms with Gasteiger partial charge in [0.2, 0.25) is 0 Å². The Hall–Kier alpha value is -2.19. The van der Waals surface area contributed by atoms with E-state index in [1.165, 1.54) is 18.1 Å². The average Bonchev–Trinajstić information content (AvgIpc) is 2.43. The van der Waals surface area contributed by atoms with Crippen LogP contribution in [0.4, 0.5) is 14.9 Å². The first-order chi connectivity index (χ1) is 9.99. The normalized spacial score (nSPS) is 10.2. The molecule has 0 unspecified atom stereocenters. The van der Waals surface area contributed by atoms with E-state index in [1.807, 2.05) is 0 Å². The van der Waals surface area contributed by atoms with Crippen LogP contribution < -0.4 is 5.32 Å². The molecule has 1 rings (SSSR count). The molecule has 0 fully saturated rings. The molecule has 2 amide bonds. The predicted molar refractivity (Wildman–Crippen MR) is 72.9 cm³/mol. The highest BCUT2D eigenvalue weighted by Gasteiger charge is 2.15. The molecule has 1 aromatic carbocycles. The number of nitrogens with zero attached hydrogens (tertiary/aromatic N) is 1. The van der Waals surface area contributed by atoms with Crippen molar-refractivity contribution in [2.45, 2.75) is 0 Å². The lowest BCUT2D eigenvalue weighted by molar-refractivity contribution is 0.0692. The Labute approximate surface area is 120 Å². The molecule has 3 N–H and O–H groups in total. The zero-order valence-electron chi connectivity index (χ0n) is 11.5. The van der Waals surface area contributed by atoms with Gasteiger partial charge in [-0.3, -0.25) is 0 Å². The zero-order valence-corrected chi connectivity index (χ0v) is 11.5. The van der Waals surface area contributed by atoms with Crippen LogP contribution in [0.5, 0.6) is 0 Å². The lowest BCUT2D eigenvalue weighted by Gasteiger charge is -2.21. The highest BCUT2D eigenvalue weighted by molar-refractivity contribution is 5.91. The molecular formula is C13H17FN2O5. The number of carbonyl (C=O) groups is 2. The molecule has 0 aromatic heterocycles. The van der Waals surface area contributed by atoms with E-state index in [1.54, 1.807) is 0 Å². The van der Waals surface area contributed by atoms with Crippen LogP contribution in [-0.4, -0.2) is 60.5 Å². The molecule has 0 radical (unpaired) electrons. The summed E-state index contributed by atoms with van der Waals surface area (Å²) in [6.07, 6.45) is 0. The Balaban J connectivity index is 2.76. The number of aliphatic hydroxyl groups is 1. The van der Waals surface area contributed by atoms with E-state index in [2.05, 4.69) is 5.32 Å². The van der Waals surface area contributed by atoms with E-state index in [-0.39, 0.29) is 25.4 Å². The standard InChI is InChI=1S/C13H17FN2O5/c1-21-7-5-16(4-6-17)13(20)15-9-2-3-10(12(18)19)11(14)8-9/h2-3,8,17H,4-7H2,1H3,(H,15,20)(H,18,19). The van der Waals surface area contributed by atoms with Gasteiger partial charge >= 0.3 is 12.0 Å². The van der Waals surface area contributed by atoms with Gasteiger partial charge in [-0.2, -0.15) is 0 Å². The van der Waals surface area contributed by atoms with E-state index in [0.29, 0.717) is 6.61 Å². The Bertz CT molecular complexity index is 509. The van der Waals surface area contributed by atoms with E-state index in [9.17, 15) is 14.0 Å². The maximum atomic E-state index is 13.5. The van der Waals surface area contributed by atoms with Crippen LogP contribution in [0.1, 0.15) is 10.4 Å². The summed E-state index contributed by atoms with van der Waals surface area (Å²) in [4.78, 5) is 23.9. The number of benzene rings is 1. The van der Waals surface area contributed by atoms with Gasteiger partial charge in [-0.05, 0) is 18.2 Å². The number of methoxy groups -OCH3 is 1. The van der Waals surface area contributed by atoms with E-state index in [0.717, 1.165) is 12.1 Å².